The molecule has 0 saturated heterocycles. The van der Waals surface area contributed by atoms with Crippen molar-refractivity contribution in [1.29, 1.82) is 0 Å². The molecule has 0 spiro atoms. The van der Waals surface area contributed by atoms with Gasteiger partial charge in [-0.1, -0.05) is 30.3 Å². The zero-order valence-electron chi connectivity index (χ0n) is 16.3. The number of anilines is 1. The standard InChI is InChI=1S/C23H22N4O3/c28-20(12-19-23(30)26-17-10-4-2-7-15(17)22(29)27-19)24-18-11-5-8-14-13-6-1-3-9-16(13)25-21(14)18/h1-4,6-7,9-10,18-19,25H,5,8,11-12H2,(H,24,28)(H,26,30)(H,27,29). The van der Waals surface area contributed by atoms with Gasteiger partial charge < -0.3 is 20.9 Å². The largest absolute Gasteiger partial charge is 0.356 e. The van der Waals surface area contributed by atoms with E-state index >= 15 is 0 Å². The molecule has 0 radical (unpaired) electrons. The Bertz CT molecular complexity index is 1170. The monoisotopic (exact) mass is 402 g/mol. The number of nitrogens with one attached hydrogen (secondary N) is 4. The van der Waals surface area contributed by atoms with Crippen LogP contribution < -0.4 is 16.0 Å². The summed E-state index contributed by atoms with van der Waals surface area (Å²) < 4.78 is 0. The number of hydrogen-bond acceptors (Lipinski definition) is 3. The van der Waals surface area contributed by atoms with Gasteiger partial charge in [-0.2, -0.15) is 0 Å². The number of aryl methyl sites for hydroxylation is 1. The highest BCUT2D eigenvalue weighted by atomic mass is 16.2. The quantitative estimate of drug-likeness (QED) is 0.542. The molecule has 4 N–H and O–H groups in total. The van der Waals surface area contributed by atoms with Crippen molar-refractivity contribution in [2.45, 2.75) is 37.8 Å². The lowest BCUT2D eigenvalue weighted by atomic mass is 9.91. The maximum absolute atomic E-state index is 12.8. The van der Waals surface area contributed by atoms with Crippen molar-refractivity contribution >= 4 is 34.3 Å². The topological polar surface area (TPSA) is 103 Å². The smallest absolute Gasteiger partial charge is 0.254 e. The lowest BCUT2D eigenvalue weighted by Gasteiger charge is -2.24. The van der Waals surface area contributed by atoms with Gasteiger partial charge in [0.25, 0.3) is 5.91 Å². The molecule has 2 aromatic carbocycles. The molecule has 2 aliphatic rings. The van der Waals surface area contributed by atoms with Crippen molar-refractivity contribution in [3.05, 3.63) is 65.4 Å². The van der Waals surface area contributed by atoms with E-state index in [1.807, 2.05) is 18.2 Å². The van der Waals surface area contributed by atoms with Crippen molar-refractivity contribution < 1.29 is 14.4 Å². The van der Waals surface area contributed by atoms with Crippen LogP contribution in [0.2, 0.25) is 0 Å². The van der Waals surface area contributed by atoms with Crippen LogP contribution in [0.25, 0.3) is 10.9 Å². The molecule has 1 aliphatic carbocycles. The van der Waals surface area contributed by atoms with E-state index in [4.69, 9.17) is 0 Å². The fourth-order valence-corrected chi connectivity index (χ4v) is 4.45. The molecule has 7 heteroatoms. The minimum atomic E-state index is -0.921. The second-order valence-corrected chi connectivity index (χ2v) is 7.84. The van der Waals surface area contributed by atoms with E-state index in [9.17, 15) is 14.4 Å². The normalized spacial score (nSPS) is 20.5. The fraction of sp³-hybridized carbons (Fsp3) is 0.261. The number of carbonyl (C=O) groups is 3. The number of para-hydroxylation sites is 2. The summed E-state index contributed by atoms with van der Waals surface area (Å²) in [6.45, 7) is 0. The van der Waals surface area contributed by atoms with Crippen molar-refractivity contribution in [3.8, 4) is 0 Å². The Morgan fingerprint density at radius 3 is 2.77 bits per heavy atom. The summed E-state index contributed by atoms with van der Waals surface area (Å²) in [5.74, 6) is -1.02. The van der Waals surface area contributed by atoms with E-state index in [2.05, 4.69) is 27.0 Å². The van der Waals surface area contributed by atoms with Crippen molar-refractivity contribution in [1.82, 2.24) is 15.6 Å². The van der Waals surface area contributed by atoms with Crippen LogP contribution in [0.4, 0.5) is 5.69 Å². The molecule has 2 heterocycles. The Hall–Kier alpha value is -3.61. The van der Waals surface area contributed by atoms with Crippen molar-refractivity contribution in [2.24, 2.45) is 0 Å². The highest BCUT2D eigenvalue weighted by Crippen LogP contribution is 2.34. The van der Waals surface area contributed by atoms with Crippen LogP contribution in [0.1, 0.15) is 46.9 Å². The fourth-order valence-electron chi connectivity index (χ4n) is 4.45. The molecule has 7 nitrogen and oxygen atoms in total. The Labute approximate surface area is 173 Å². The highest BCUT2D eigenvalue weighted by Gasteiger charge is 2.31. The lowest BCUT2D eigenvalue weighted by Crippen LogP contribution is -2.45. The summed E-state index contributed by atoms with van der Waals surface area (Å²) in [5, 5.41) is 9.66. The third-order valence-corrected chi connectivity index (χ3v) is 5.89. The van der Waals surface area contributed by atoms with E-state index in [1.54, 1.807) is 24.3 Å². The van der Waals surface area contributed by atoms with Crippen LogP contribution in [0.5, 0.6) is 0 Å². The van der Waals surface area contributed by atoms with Gasteiger partial charge in [-0.15, -0.1) is 0 Å². The van der Waals surface area contributed by atoms with Gasteiger partial charge >= 0.3 is 0 Å². The molecule has 30 heavy (non-hydrogen) atoms. The number of rotatable bonds is 3. The average Bonchev–Trinajstić information content (AvgIpc) is 3.08. The molecule has 1 aliphatic heterocycles. The van der Waals surface area contributed by atoms with Crippen LogP contribution in [0, 0.1) is 0 Å². The Morgan fingerprint density at radius 2 is 1.87 bits per heavy atom. The van der Waals surface area contributed by atoms with E-state index < -0.39 is 11.9 Å². The van der Waals surface area contributed by atoms with Gasteiger partial charge in [0.1, 0.15) is 6.04 Å². The first kappa shape index (κ1) is 18.4. The van der Waals surface area contributed by atoms with E-state index in [0.29, 0.717) is 11.3 Å². The van der Waals surface area contributed by atoms with E-state index in [1.165, 1.54) is 10.9 Å². The Morgan fingerprint density at radius 1 is 1.07 bits per heavy atom. The number of fused-ring (bicyclic) bond motifs is 4. The Kier molecular flexibility index (Phi) is 4.50. The van der Waals surface area contributed by atoms with Crippen LogP contribution >= 0.6 is 0 Å². The minimum absolute atomic E-state index is 0.113. The van der Waals surface area contributed by atoms with Gasteiger partial charge in [-0.25, -0.2) is 0 Å². The van der Waals surface area contributed by atoms with Gasteiger partial charge in [-0.05, 0) is 43.0 Å². The number of H-pyrrole nitrogens is 1. The SMILES string of the molecule is O=C(CC1NC(=O)c2ccccc2NC1=O)NC1CCCc2c1[nH]c1ccccc21. The molecule has 2 unspecified atom stereocenters. The lowest BCUT2D eigenvalue weighted by molar-refractivity contribution is -0.126. The number of amides is 3. The maximum atomic E-state index is 12.8. The van der Waals surface area contributed by atoms with E-state index in [-0.39, 0.29) is 24.3 Å². The number of benzene rings is 2. The zero-order chi connectivity index (χ0) is 20.7. The van der Waals surface area contributed by atoms with Gasteiger partial charge in [0.2, 0.25) is 11.8 Å². The molecule has 3 amide bonds. The zero-order valence-corrected chi connectivity index (χ0v) is 16.3. The number of hydrogen-bond donors (Lipinski definition) is 4. The van der Waals surface area contributed by atoms with Crippen LogP contribution in [0.3, 0.4) is 0 Å². The summed E-state index contributed by atoms with van der Waals surface area (Å²) in [6.07, 6.45) is 2.68. The summed E-state index contributed by atoms with van der Waals surface area (Å²) in [4.78, 5) is 41.2. The van der Waals surface area contributed by atoms with Crippen LogP contribution in [-0.2, 0) is 16.0 Å². The molecule has 0 saturated carbocycles. The number of aromatic nitrogens is 1. The molecular weight excluding hydrogens is 380 g/mol. The summed E-state index contributed by atoms with van der Waals surface area (Å²) in [5.41, 5.74) is 4.20. The van der Waals surface area contributed by atoms with Gasteiger partial charge in [0.15, 0.2) is 0 Å². The molecular formula is C23H22N4O3. The molecule has 5 rings (SSSR count). The first-order chi connectivity index (χ1) is 14.6. The van der Waals surface area contributed by atoms with Crippen molar-refractivity contribution in [3.63, 3.8) is 0 Å². The summed E-state index contributed by atoms with van der Waals surface area (Å²) in [6, 6.07) is 13.9. The first-order valence-corrected chi connectivity index (χ1v) is 10.2. The maximum Gasteiger partial charge on any atom is 0.254 e. The van der Waals surface area contributed by atoms with Gasteiger partial charge in [0.05, 0.1) is 23.7 Å². The van der Waals surface area contributed by atoms with Crippen molar-refractivity contribution in [2.75, 3.05) is 5.32 Å². The predicted octanol–water partition coefficient (Wildman–Crippen LogP) is 2.80. The summed E-state index contributed by atoms with van der Waals surface area (Å²) >= 11 is 0. The number of carbonyl (C=O) groups excluding carboxylic acids is 3. The molecule has 152 valence electrons. The second-order valence-electron chi connectivity index (χ2n) is 7.84. The third kappa shape index (κ3) is 3.22. The highest BCUT2D eigenvalue weighted by molar-refractivity contribution is 6.10. The van der Waals surface area contributed by atoms with Crippen LogP contribution in [-0.4, -0.2) is 28.7 Å². The van der Waals surface area contributed by atoms with E-state index in [0.717, 1.165) is 30.5 Å². The molecule has 3 aromatic rings. The minimum Gasteiger partial charge on any atom is -0.356 e. The average molecular weight is 402 g/mol. The summed E-state index contributed by atoms with van der Waals surface area (Å²) in [7, 11) is 0. The molecule has 2 atom stereocenters. The number of aromatic amines is 1. The predicted molar refractivity (Wildman–Crippen MR) is 113 cm³/mol. The molecule has 0 bridgehead atoms. The van der Waals surface area contributed by atoms with Gasteiger partial charge in [-0.3, -0.25) is 14.4 Å². The molecule has 1 aromatic heterocycles. The second kappa shape index (κ2) is 7.33. The Balaban J connectivity index is 1.32. The van der Waals surface area contributed by atoms with Crippen LogP contribution in [0.15, 0.2) is 48.5 Å². The molecule has 0 fully saturated rings. The third-order valence-electron chi connectivity index (χ3n) is 5.89. The first-order valence-electron chi connectivity index (χ1n) is 10.2. The van der Waals surface area contributed by atoms with Gasteiger partial charge in [0, 0.05) is 16.6 Å².